The van der Waals surface area contributed by atoms with Crippen LogP contribution in [0.3, 0.4) is 0 Å². The van der Waals surface area contributed by atoms with E-state index in [2.05, 4.69) is 33.7 Å². The maximum absolute atomic E-state index is 11.9. The average Bonchev–Trinajstić information content (AvgIpc) is 2.68. The minimum absolute atomic E-state index is 0.0510. The highest BCUT2D eigenvalue weighted by atomic mass is 16.5. The summed E-state index contributed by atoms with van der Waals surface area (Å²) in [6.07, 6.45) is 0. The first kappa shape index (κ1) is 17.5. The number of carbonyl (C=O) groups is 1. The van der Waals surface area contributed by atoms with Gasteiger partial charge < -0.3 is 15.4 Å². The average molecular weight is 339 g/mol. The zero-order valence-electron chi connectivity index (χ0n) is 14.8. The molecule has 5 heteroatoms. The van der Waals surface area contributed by atoms with Gasteiger partial charge in [0.25, 0.3) is 5.91 Å². The van der Waals surface area contributed by atoms with Crippen LogP contribution in [0, 0.1) is 0 Å². The van der Waals surface area contributed by atoms with Crippen LogP contribution < -0.4 is 15.4 Å². The molecule has 2 N–H and O–H groups in total. The van der Waals surface area contributed by atoms with Crippen LogP contribution in [0.4, 0.5) is 0 Å². The van der Waals surface area contributed by atoms with E-state index in [0.29, 0.717) is 5.56 Å². The van der Waals surface area contributed by atoms with Crippen LogP contribution >= 0.6 is 0 Å². The second-order valence-electron chi connectivity index (χ2n) is 6.25. The number of piperazine rings is 1. The Morgan fingerprint density at radius 2 is 2.12 bits per heavy atom. The van der Waals surface area contributed by atoms with Gasteiger partial charge >= 0.3 is 0 Å². The zero-order valence-corrected chi connectivity index (χ0v) is 14.8. The lowest BCUT2D eigenvalue weighted by Gasteiger charge is -2.36. The van der Waals surface area contributed by atoms with Crippen molar-refractivity contribution < 1.29 is 9.53 Å². The molecule has 1 fully saturated rings. The molecule has 1 atom stereocenters. The molecule has 25 heavy (non-hydrogen) atoms. The van der Waals surface area contributed by atoms with Gasteiger partial charge in [0.05, 0.1) is 7.11 Å². The number of hydrogen-bond donors (Lipinski definition) is 2. The number of carbonyl (C=O) groups excluding carboxylic acids is 1. The van der Waals surface area contributed by atoms with Crippen molar-refractivity contribution in [3.8, 4) is 5.75 Å². The Balaban J connectivity index is 1.82. The second-order valence-corrected chi connectivity index (χ2v) is 6.25. The molecule has 0 aliphatic carbocycles. The van der Waals surface area contributed by atoms with E-state index in [1.165, 1.54) is 5.56 Å². The van der Waals surface area contributed by atoms with E-state index in [-0.39, 0.29) is 11.9 Å². The maximum atomic E-state index is 11.9. The van der Waals surface area contributed by atoms with Crippen LogP contribution in [0.2, 0.25) is 0 Å². The topological polar surface area (TPSA) is 53.6 Å². The van der Waals surface area contributed by atoms with E-state index in [4.69, 9.17) is 4.74 Å². The van der Waals surface area contributed by atoms with Gasteiger partial charge in [0.2, 0.25) is 0 Å². The SMILES string of the molecule is CNC(=O)c1cccc([C@H]2CNCCN2Cc2cccc(OC)c2)c1. The van der Waals surface area contributed by atoms with Gasteiger partial charge in [-0.3, -0.25) is 9.69 Å². The minimum atomic E-state index is -0.0510. The lowest BCUT2D eigenvalue weighted by atomic mass is 9.99. The predicted molar refractivity (Wildman–Crippen MR) is 98.8 cm³/mol. The molecule has 0 saturated carbocycles. The van der Waals surface area contributed by atoms with Crippen LogP contribution in [0.15, 0.2) is 48.5 Å². The number of hydrogen-bond acceptors (Lipinski definition) is 4. The molecular weight excluding hydrogens is 314 g/mol. The molecule has 0 unspecified atom stereocenters. The van der Waals surface area contributed by atoms with E-state index in [9.17, 15) is 4.79 Å². The second kappa shape index (κ2) is 8.14. The maximum Gasteiger partial charge on any atom is 0.251 e. The molecule has 0 radical (unpaired) electrons. The van der Waals surface area contributed by atoms with Crippen molar-refractivity contribution in [2.45, 2.75) is 12.6 Å². The number of amides is 1. The molecule has 1 heterocycles. The van der Waals surface area contributed by atoms with E-state index < -0.39 is 0 Å². The smallest absolute Gasteiger partial charge is 0.251 e. The van der Waals surface area contributed by atoms with Crippen molar-refractivity contribution in [3.05, 3.63) is 65.2 Å². The molecule has 3 rings (SSSR count). The van der Waals surface area contributed by atoms with Crippen molar-refractivity contribution in [1.82, 2.24) is 15.5 Å². The highest BCUT2D eigenvalue weighted by Gasteiger charge is 2.24. The predicted octanol–water partition coefficient (Wildman–Crippen LogP) is 2.20. The highest BCUT2D eigenvalue weighted by molar-refractivity contribution is 5.94. The van der Waals surface area contributed by atoms with Crippen molar-refractivity contribution in [2.24, 2.45) is 0 Å². The molecule has 1 saturated heterocycles. The normalized spacial score (nSPS) is 17.9. The van der Waals surface area contributed by atoms with Gasteiger partial charge in [0.15, 0.2) is 0 Å². The molecule has 0 bridgehead atoms. The molecule has 1 aliphatic rings. The Kier molecular flexibility index (Phi) is 5.68. The fraction of sp³-hybridized carbons (Fsp3) is 0.350. The van der Waals surface area contributed by atoms with E-state index >= 15 is 0 Å². The summed E-state index contributed by atoms with van der Waals surface area (Å²) < 4.78 is 5.33. The van der Waals surface area contributed by atoms with Crippen LogP contribution in [0.5, 0.6) is 5.75 Å². The summed E-state index contributed by atoms with van der Waals surface area (Å²) in [5, 5.41) is 6.16. The van der Waals surface area contributed by atoms with Gasteiger partial charge in [-0.05, 0) is 35.4 Å². The Bertz CT molecular complexity index is 732. The van der Waals surface area contributed by atoms with Gasteiger partial charge in [-0.1, -0.05) is 24.3 Å². The zero-order chi connectivity index (χ0) is 17.6. The number of nitrogens with zero attached hydrogens (tertiary/aromatic N) is 1. The minimum Gasteiger partial charge on any atom is -0.497 e. The summed E-state index contributed by atoms with van der Waals surface area (Å²) in [7, 11) is 3.35. The molecule has 2 aromatic carbocycles. The van der Waals surface area contributed by atoms with Crippen LogP contribution in [-0.2, 0) is 6.54 Å². The van der Waals surface area contributed by atoms with Gasteiger partial charge in [-0.15, -0.1) is 0 Å². The fourth-order valence-electron chi connectivity index (χ4n) is 3.30. The lowest BCUT2D eigenvalue weighted by Crippen LogP contribution is -2.45. The Morgan fingerprint density at radius 3 is 2.92 bits per heavy atom. The van der Waals surface area contributed by atoms with Crippen molar-refractivity contribution in [2.75, 3.05) is 33.8 Å². The third-order valence-corrected chi connectivity index (χ3v) is 4.63. The summed E-state index contributed by atoms with van der Waals surface area (Å²) >= 11 is 0. The largest absolute Gasteiger partial charge is 0.497 e. The van der Waals surface area contributed by atoms with Crippen LogP contribution in [0.25, 0.3) is 0 Å². The molecule has 1 amide bonds. The first-order valence-electron chi connectivity index (χ1n) is 8.61. The Labute approximate surface area is 149 Å². The van der Waals surface area contributed by atoms with E-state index in [1.54, 1.807) is 14.2 Å². The van der Waals surface area contributed by atoms with Gasteiger partial charge in [-0.25, -0.2) is 0 Å². The van der Waals surface area contributed by atoms with Crippen LogP contribution in [-0.4, -0.2) is 44.6 Å². The van der Waals surface area contributed by atoms with Crippen LogP contribution in [0.1, 0.15) is 27.5 Å². The van der Waals surface area contributed by atoms with Crippen molar-refractivity contribution in [1.29, 1.82) is 0 Å². The molecule has 2 aromatic rings. The number of ether oxygens (including phenoxy) is 1. The highest BCUT2D eigenvalue weighted by Crippen LogP contribution is 2.26. The Hall–Kier alpha value is -2.37. The Morgan fingerprint density at radius 1 is 1.28 bits per heavy atom. The van der Waals surface area contributed by atoms with Gasteiger partial charge in [0, 0.05) is 44.8 Å². The van der Waals surface area contributed by atoms with Gasteiger partial charge in [-0.2, -0.15) is 0 Å². The molecule has 1 aliphatic heterocycles. The molecule has 0 aromatic heterocycles. The first-order valence-corrected chi connectivity index (χ1v) is 8.61. The standard InChI is InChI=1S/C20H25N3O2/c1-21-20(24)17-7-4-6-16(12-17)19-13-22-9-10-23(19)14-15-5-3-8-18(11-15)25-2/h3-8,11-12,19,22H,9-10,13-14H2,1-2H3,(H,21,24)/t19-/m1/s1. The molecule has 5 nitrogen and oxygen atoms in total. The number of rotatable bonds is 5. The van der Waals surface area contributed by atoms with Crippen molar-refractivity contribution >= 4 is 5.91 Å². The van der Waals surface area contributed by atoms with Crippen molar-refractivity contribution in [3.63, 3.8) is 0 Å². The third-order valence-electron chi connectivity index (χ3n) is 4.63. The van der Waals surface area contributed by atoms with Gasteiger partial charge in [0.1, 0.15) is 5.75 Å². The fourth-order valence-corrected chi connectivity index (χ4v) is 3.30. The number of benzene rings is 2. The first-order chi connectivity index (χ1) is 12.2. The summed E-state index contributed by atoms with van der Waals surface area (Å²) in [6.45, 7) is 3.66. The summed E-state index contributed by atoms with van der Waals surface area (Å²) in [6, 6.07) is 16.3. The summed E-state index contributed by atoms with van der Waals surface area (Å²) in [5.74, 6) is 0.829. The third kappa shape index (κ3) is 4.18. The summed E-state index contributed by atoms with van der Waals surface area (Å²) in [5.41, 5.74) is 3.09. The number of nitrogens with one attached hydrogen (secondary N) is 2. The quantitative estimate of drug-likeness (QED) is 0.877. The summed E-state index contributed by atoms with van der Waals surface area (Å²) in [4.78, 5) is 14.4. The van der Waals surface area contributed by atoms with E-state index in [1.807, 2.05) is 30.3 Å². The lowest BCUT2D eigenvalue weighted by molar-refractivity contribution is 0.0962. The monoisotopic (exact) mass is 339 g/mol. The molecule has 132 valence electrons. The van der Waals surface area contributed by atoms with E-state index in [0.717, 1.165) is 37.5 Å². The number of methoxy groups -OCH3 is 1. The molecule has 0 spiro atoms. The molecular formula is C20H25N3O2.